The van der Waals surface area contributed by atoms with Gasteiger partial charge >= 0.3 is 0 Å². The highest BCUT2D eigenvalue weighted by Crippen LogP contribution is 2.48. The summed E-state index contributed by atoms with van der Waals surface area (Å²) in [7, 11) is 1.33. The minimum Gasteiger partial charge on any atom is -0.497 e. The lowest BCUT2D eigenvalue weighted by atomic mass is 9.84. The Morgan fingerprint density at radius 1 is 0.447 bits per heavy atom. The first-order valence-corrected chi connectivity index (χ1v) is 10.6. The van der Waals surface area contributed by atoms with Crippen molar-refractivity contribution in [3.05, 3.63) is 101 Å². The summed E-state index contributed by atoms with van der Waals surface area (Å²) in [5.74, 6) is -22.1. The molecule has 0 unspecified atom stereocenters. The zero-order valence-electron chi connectivity index (χ0n) is 18.7. The maximum absolute atomic E-state index is 15.4. The summed E-state index contributed by atoms with van der Waals surface area (Å²) in [5.41, 5.74) is -3.41. The number of hydrogen-bond acceptors (Lipinski definition) is 1. The third-order valence-corrected chi connectivity index (χ3v) is 6.13. The molecule has 0 aliphatic heterocycles. The second-order valence-corrected chi connectivity index (χ2v) is 8.12. The van der Waals surface area contributed by atoms with E-state index in [2.05, 4.69) is 0 Å². The van der Waals surface area contributed by atoms with E-state index in [1.165, 1.54) is 31.4 Å². The van der Waals surface area contributed by atoms with Crippen LogP contribution in [0.4, 0.5) is 43.9 Å². The predicted molar refractivity (Wildman–Crippen MR) is 118 cm³/mol. The lowest BCUT2D eigenvalue weighted by molar-refractivity contribution is 0.381. The van der Waals surface area contributed by atoms with Gasteiger partial charge in [-0.1, -0.05) is 18.2 Å². The number of methoxy groups -OCH3 is 1. The molecule has 194 valence electrons. The highest BCUT2D eigenvalue weighted by atomic mass is 19.2. The second-order valence-electron chi connectivity index (χ2n) is 8.12. The zero-order chi connectivity index (χ0) is 27.6. The maximum atomic E-state index is 15.4. The standard InChI is InChI=1S/C27H10F10O/c1-38-11-5-2-9(3-6-11)14-12-7-4-10(28)8-13(12)15(17-16(14)19(29)23(33)24(34)20(17)30)18-21(31)25(35)27(37)26(36)22(18)32/h2-8H,1H3. The molecule has 0 atom stereocenters. The van der Waals surface area contributed by atoms with Crippen LogP contribution >= 0.6 is 0 Å². The lowest BCUT2D eigenvalue weighted by Crippen LogP contribution is -2.07. The smallest absolute Gasteiger partial charge is 0.200 e. The van der Waals surface area contributed by atoms with Gasteiger partial charge in [0.15, 0.2) is 46.5 Å². The van der Waals surface area contributed by atoms with E-state index in [0.717, 1.165) is 12.1 Å². The van der Waals surface area contributed by atoms with Crippen molar-refractivity contribution in [3.8, 4) is 28.0 Å². The van der Waals surface area contributed by atoms with Gasteiger partial charge in [-0.3, -0.25) is 0 Å². The number of ether oxygens (including phenoxy) is 1. The van der Waals surface area contributed by atoms with Crippen LogP contribution in [0.2, 0.25) is 0 Å². The van der Waals surface area contributed by atoms with E-state index < -0.39 is 85.5 Å². The van der Waals surface area contributed by atoms with Gasteiger partial charge in [0.2, 0.25) is 5.82 Å². The highest BCUT2D eigenvalue weighted by molar-refractivity contribution is 6.21. The van der Waals surface area contributed by atoms with Crippen LogP contribution < -0.4 is 4.74 Å². The number of fused-ring (bicyclic) bond motifs is 2. The first-order chi connectivity index (χ1) is 18.0. The third-order valence-electron chi connectivity index (χ3n) is 6.13. The van der Waals surface area contributed by atoms with Crippen LogP contribution in [0.1, 0.15) is 0 Å². The SMILES string of the molecule is COc1ccc(-c2c3ccc(F)cc3c(-c3c(F)c(F)c(F)c(F)c3F)c3c(F)c(F)c(F)c(F)c23)cc1. The normalized spacial score (nSPS) is 11.6. The van der Waals surface area contributed by atoms with Crippen LogP contribution in [0.5, 0.6) is 5.75 Å². The van der Waals surface area contributed by atoms with Crippen molar-refractivity contribution in [2.75, 3.05) is 7.11 Å². The fraction of sp³-hybridized carbons (Fsp3) is 0.0370. The van der Waals surface area contributed by atoms with Crippen molar-refractivity contribution in [1.29, 1.82) is 0 Å². The van der Waals surface area contributed by atoms with E-state index in [9.17, 15) is 35.1 Å². The molecule has 5 rings (SSSR count). The van der Waals surface area contributed by atoms with Gasteiger partial charge in [0, 0.05) is 21.9 Å². The zero-order valence-corrected chi connectivity index (χ0v) is 18.7. The summed E-state index contributed by atoms with van der Waals surface area (Å²) >= 11 is 0. The van der Waals surface area contributed by atoms with E-state index in [1.54, 1.807) is 0 Å². The number of rotatable bonds is 3. The van der Waals surface area contributed by atoms with Crippen LogP contribution in [0, 0.1) is 58.2 Å². The minimum absolute atomic E-state index is 0.0145. The van der Waals surface area contributed by atoms with Crippen LogP contribution in [-0.4, -0.2) is 7.11 Å². The predicted octanol–water partition coefficient (Wildman–Crippen LogP) is 8.73. The van der Waals surface area contributed by atoms with Gasteiger partial charge in [-0.25, -0.2) is 43.9 Å². The van der Waals surface area contributed by atoms with Crippen molar-refractivity contribution in [1.82, 2.24) is 0 Å². The Bertz CT molecular complexity index is 1770. The summed E-state index contributed by atoms with van der Waals surface area (Å²) in [6.07, 6.45) is 0. The molecule has 0 aliphatic carbocycles. The van der Waals surface area contributed by atoms with Crippen molar-refractivity contribution < 1.29 is 48.6 Å². The Kier molecular flexibility index (Phi) is 5.96. The molecule has 0 fully saturated rings. The van der Waals surface area contributed by atoms with Crippen LogP contribution in [-0.2, 0) is 0 Å². The lowest BCUT2D eigenvalue weighted by Gasteiger charge is -2.20. The van der Waals surface area contributed by atoms with Gasteiger partial charge in [-0.2, -0.15) is 0 Å². The molecule has 38 heavy (non-hydrogen) atoms. The van der Waals surface area contributed by atoms with E-state index >= 15 is 8.78 Å². The van der Waals surface area contributed by atoms with Crippen LogP contribution in [0.15, 0.2) is 42.5 Å². The van der Waals surface area contributed by atoms with Gasteiger partial charge in [0.1, 0.15) is 11.6 Å². The van der Waals surface area contributed by atoms with Gasteiger partial charge in [0.25, 0.3) is 0 Å². The molecule has 0 aliphatic rings. The Balaban J connectivity index is 2.15. The molecule has 0 saturated carbocycles. The van der Waals surface area contributed by atoms with Gasteiger partial charge in [0.05, 0.1) is 12.7 Å². The van der Waals surface area contributed by atoms with Crippen molar-refractivity contribution in [2.45, 2.75) is 0 Å². The number of halogens is 10. The fourth-order valence-corrected chi connectivity index (χ4v) is 4.45. The van der Waals surface area contributed by atoms with E-state index in [-0.39, 0.29) is 16.5 Å². The number of benzene rings is 5. The van der Waals surface area contributed by atoms with E-state index in [1.807, 2.05) is 0 Å². The molecule has 0 N–H and O–H groups in total. The average Bonchev–Trinajstić information content (AvgIpc) is 2.92. The van der Waals surface area contributed by atoms with E-state index in [0.29, 0.717) is 11.8 Å². The van der Waals surface area contributed by atoms with Crippen molar-refractivity contribution in [2.24, 2.45) is 0 Å². The second kappa shape index (κ2) is 8.93. The molecule has 0 spiro atoms. The molecule has 0 bridgehead atoms. The summed E-state index contributed by atoms with van der Waals surface area (Å²) < 4.78 is 151. The summed E-state index contributed by atoms with van der Waals surface area (Å²) in [6.45, 7) is 0. The first kappa shape index (κ1) is 25.4. The molecule has 0 aromatic heterocycles. The monoisotopic (exact) mass is 540 g/mol. The summed E-state index contributed by atoms with van der Waals surface area (Å²) in [5, 5.41) is -3.42. The van der Waals surface area contributed by atoms with Crippen LogP contribution in [0.25, 0.3) is 43.8 Å². The summed E-state index contributed by atoms with van der Waals surface area (Å²) in [4.78, 5) is 0. The third kappa shape index (κ3) is 3.48. The Morgan fingerprint density at radius 2 is 0.921 bits per heavy atom. The minimum atomic E-state index is -2.55. The molecule has 0 saturated heterocycles. The molecule has 5 aromatic rings. The summed E-state index contributed by atoms with van der Waals surface area (Å²) in [6, 6.07) is 7.66. The molecule has 0 amide bonds. The quantitative estimate of drug-likeness (QED) is 0.0963. The van der Waals surface area contributed by atoms with Gasteiger partial charge in [-0.05, 0) is 40.6 Å². The number of hydrogen-bond donors (Lipinski definition) is 0. The van der Waals surface area contributed by atoms with Gasteiger partial charge < -0.3 is 4.74 Å². The fourth-order valence-electron chi connectivity index (χ4n) is 4.45. The maximum Gasteiger partial charge on any atom is 0.200 e. The molecule has 0 radical (unpaired) electrons. The van der Waals surface area contributed by atoms with Crippen molar-refractivity contribution in [3.63, 3.8) is 0 Å². The average molecular weight is 540 g/mol. The van der Waals surface area contributed by atoms with Gasteiger partial charge in [-0.15, -0.1) is 0 Å². The topological polar surface area (TPSA) is 9.23 Å². The van der Waals surface area contributed by atoms with E-state index in [4.69, 9.17) is 4.74 Å². The Morgan fingerprint density at radius 3 is 1.45 bits per heavy atom. The molecule has 11 heteroatoms. The Hall–Kier alpha value is -4.28. The molecule has 5 aromatic carbocycles. The van der Waals surface area contributed by atoms with Crippen molar-refractivity contribution >= 4 is 21.5 Å². The molecule has 0 heterocycles. The highest BCUT2D eigenvalue weighted by Gasteiger charge is 2.33. The largest absolute Gasteiger partial charge is 0.497 e. The Labute approximate surface area is 206 Å². The first-order valence-electron chi connectivity index (χ1n) is 10.6. The molecular formula is C27H10F10O. The van der Waals surface area contributed by atoms with Crippen LogP contribution in [0.3, 0.4) is 0 Å². The molecule has 1 nitrogen and oxygen atoms in total. The molecular weight excluding hydrogens is 530 g/mol.